The van der Waals surface area contributed by atoms with Crippen LogP contribution in [0.1, 0.15) is 24.5 Å². The molecule has 2 aromatic rings. The molecular weight excluding hydrogens is 515 g/mol. The van der Waals surface area contributed by atoms with Crippen molar-refractivity contribution in [3.8, 4) is 12.3 Å². The first-order valence-electron chi connectivity index (χ1n) is 10.7. The highest BCUT2D eigenvalue weighted by atomic mass is 127. The van der Waals surface area contributed by atoms with Crippen molar-refractivity contribution in [1.29, 1.82) is 0 Å². The molecule has 0 spiro atoms. The summed E-state index contributed by atoms with van der Waals surface area (Å²) in [4.78, 5) is 19.1. The SMILES string of the molecule is C#Cc1cccc(NC(=O)CN=C(NCC)N2CCC(COCc3ccccc3)C2)c1.I. The molecule has 7 heteroatoms. The highest BCUT2D eigenvalue weighted by Gasteiger charge is 2.25. The molecule has 2 N–H and O–H groups in total. The molecule has 0 aliphatic carbocycles. The zero-order valence-electron chi connectivity index (χ0n) is 18.4. The van der Waals surface area contributed by atoms with Crippen LogP contribution in [-0.2, 0) is 16.1 Å². The van der Waals surface area contributed by atoms with Gasteiger partial charge in [-0.15, -0.1) is 30.4 Å². The van der Waals surface area contributed by atoms with Crippen molar-refractivity contribution in [2.75, 3.05) is 38.1 Å². The second kappa shape index (κ2) is 13.8. The molecule has 1 atom stereocenters. The smallest absolute Gasteiger partial charge is 0.246 e. The van der Waals surface area contributed by atoms with E-state index in [9.17, 15) is 4.79 Å². The summed E-state index contributed by atoms with van der Waals surface area (Å²) >= 11 is 0. The Balaban J connectivity index is 0.00000363. The first kappa shape index (κ1) is 25.7. The number of anilines is 1. The van der Waals surface area contributed by atoms with E-state index in [4.69, 9.17) is 11.2 Å². The van der Waals surface area contributed by atoms with Crippen molar-refractivity contribution in [2.24, 2.45) is 10.9 Å². The van der Waals surface area contributed by atoms with Crippen LogP contribution in [0.25, 0.3) is 0 Å². The summed E-state index contributed by atoms with van der Waals surface area (Å²) in [7, 11) is 0. The molecule has 1 saturated heterocycles. The normalized spacial score (nSPS) is 15.6. The first-order chi connectivity index (χ1) is 15.2. The average Bonchev–Trinajstić information content (AvgIpc) is 3.26. The highest BCUT2D eigenvalue weighted by Crippen LogP contribution is 2.17. The van der Waals surface area contributed by atoms with Gasteiger partial charge in [0.15, 0.2) is 5.96 Å². The third kappa shape index (κ3) is 8.17. The van der Waals surface area contributed by atoms with Gasteiger partial charge in [-0.1, -0.05) is 42.3 Å². The molecule has 6 nitrogen and oxygen atoms in total. The fraction of sp³-hybridized carbons (Fsp3) is 0.360. The maximum absolute atomic E-state index is 12.3. The Morgan fingerprint density at radius 2 is 2.06 bits per heavy atom. The third-order valence-corrected chi connectivity index (χ3v) is 5.07. The molecule has 0 saturated carbocycles. The molecule has 2 aromatic carbocycles. The number of nitrogens with zero attached hydrogens (tertiary/aromatic N) is 2. The van der Waals surface area contributed by atoms with Crippen LogP contribution in [0.5, 0.6) is 0 Å². The molecule has 0 aromatic heterocycles. The Morgan fingerprint density at radius 1 is 1.25 bits per heavy atom. The number of rotatable bonds is 8. The molecular formula is C25H31IN4O2. The van der Waals surface area contributed by atoms with Crippen LogP contribution in [0.2, 0.25) is 0 Å². The topological polar surface area (TPSA) is 66.0 Å². The minimum atomic E-state index is -0.175. The quantitative estimate of drug-likeness (QED) is 0.229. The summed E-state index contributed by atoms with van der Waals surface area (Å²) in [5.74, 6) is 3.61. The van der Waals surface area contributed by atoms with Gasteiger partial charge in [0.25, 0.3) is 0 Å². The van der Waals surface area contributed by atoms with E-state index in [0.29, 0.717) is 18.2 Å². The van der Waals surface area contributed by atoms with Crippen LogP contribution in [0, 0.1) is 18.3 Å². The van der Waals surface area contributed by atoms with Gasteiger partial charge in [-0.2, -0.15) is 0 Å². The monoisotopic (exact) mass is 546 g/mol. The number of carbonyl (C=O) groups excluding carboxylic acids is 1. The van der Waals surface area contributed by atoms with Crippen LogP contribution in [0.3, 0.4) is 0 Å². The van der Waals surface area contributed by atoms with E-state index in [1.807, 2.05) is 43.3 Å². The van der Waals surface area contributed by atoms with Gasteiger partial charge >= 0.3 is 0 Å². The maximum Gasteiger partial charge on any atom is 0.246 e. The number of terminal acetylenes is 1. The Bertz CT molecular complexity index is 927. The minimum Gasteiger partial charge on any atom is -0.376 e. The van der Waals surface area contributed by atoms with Crippen molar-refractivity contribution >= 4 is 41.5 Å². The van der Waals surface area contributed by atoms with E-state index in [1.54, 1.807) is 6.07 Å². The summed E-state index contributed by atoms with van der Waals surface area (Å²) in [6.07, 6.45) is 6.46. The third-order valence-electron chi connectivity index (χ3n) is 5.07. The van der Waals surface area contributed by atoms with Gasteiger partial charge in [0, 0.05) is 36.8 Å². The van der Waals surface area contributed by atoms with Crippen molar-refractivity contribution < 1.29 is 9.53 Å². The van der Waals surface area contributed by atoms with Crippen molar-refractivity contribution in [3.05, 3.63) is 65.7 Å². The predicted octanol–water partition coefficient (Wildman–Crippen LogP) is 3.73. The number of guanidine groups is 1. The van der Waals surface area contributed by atoms with Crippen LogP contribution in [0.15, 0.2) is 59.6 Å². The minimum absolute atomic E-state index is 0. The van der Waals surface area contributed by atoms with Crippen LogP contribution >= 0.6 is 24.0 Å². The Hall–Kier alpha value is -2.57. The number of nitrogens with one attached hydrogen (secondary N) is 2. The van der Waals surface area contributed by atoms with Gasteiger partial charge in [0.05, 0.1) is 13.2 Å². The average molecular weight is 546 g/mol. The number of aliphatic imine (C=N–C) groups is 1. The van der Waals surface area contributed by atoms with E-state index < -0.39 is 0 Å². The van der Waals surface area contributed by atoms with Gasteiger partial charge in [-0.3, -0.25) is 4.79 Å². The molecule has 1 aliphatic rings. The highest BCUT2D eigenvalue weighted by molar-refractivity contribution is 14.0. The largest absolute Gasteiger partial charge is 0.376 e. The number of hydrogen-bond donors (Lipinski definition) is 2. The van der Waals surface area contributed by atoms with Crippen molar-refractivity contribution in [3.63, 3.8) is 0 Å². The summed E-state index contributed by atoms with van der Waals surface area (Å²) in [6, 6.07) is 17.4. The zero-order valence-corrected chi connectivity index (χ0v) is 20.8. The first-order valence-corrected chi connectivity index (χ1v) is 10.7. The number of carbonyl (C=O) groups is 1. The van der Waals surface area contributed by atoms with Gasteiger partial charge in [-0.05, 0) is 37.1 Å². The molecule has 0 bridgehead atoms. The molecule has 1 heterocycles. The molecule has 1 unspecified atom stereocenters. The van der Waals surface area contributed by atoms with Gasteiger partial charge in [0.1, 0.15) is 6.54 Å². The molecule has 1 fully saturated rings. The van der Waals surface area contributed by atoms with E-state index in [2.05, 4.69) is 38.6 Å². The fourth-order valence-electron chi connectivity index (χ4n) is 3.54. The lowest BCUT2D eigenvalue weighted by Crippen LogP contribution is -2.40. The lowest BCUT2D eigenvalue weighted by Gasteiger charge is -2.21. The van der Waals surface area contributed by atoms with Crippen LogP contribution < -0.4 is 10.6 Å². The van der Waals surface area contributed by atoms with Gasteiger partial charge < -0.3 is 20.3 Å². The number of hydrogen-bond acceptors (Lipinski definition) is 3. The van der Waals surface area contributed by atoms with E-state index in [0.717, 1.165) is 44.2 Å². The van der Waals surface area contributed by atoms with E-state index in [-0.39, 0.29) is 36.4 Å². The Labute approximate surface area is 207 Å². The zero-order chi connectivity index (χ0) is 21.9. The number of likely N-dealkylation sites (tertiary alicyclic amines) is 1. The van der Waals surface area contributed by atoms with E-state index in [1.165, 1.54) is 5.56 Å². The fourth-order valence-corrected chi connectivity index (χ4v) is 3.54. The second-order valence-electron chi connectivity index (χ2n) is 7.54. The van der Waals surface area contributed by atoms with E-state index >= 15 is 0 Å². The number of ether oxygens (including phenoxy) is 1. The summed E-state index contributed by atoms with van der Waals surface area (Å²) in [5.41, 5.74) is 2.59. The lowest BCUT2D eigenvalue weighted by atomic mass is 10.1. The Kier molecular flexibility index (Phi) is 11.0. The number of halogens is 1. The van der Waals surface area contributed by atoms with Crippen LogP contribution in [-0.4, -0.2) is 49.6 Å². The number of amides is 1. The lowest BCUT2D eigenvalue weighted by molar-refractivity contribution is -0.114. The predicted molar refractivity (Wildman–Crippen MR) is 140 cm³/mol. The molecule has 3 rings (SSSR count). The maximum atomic E-state index is 12.3. The molecule has 170 valence electrons. The summed E-state index contributed by atoms with van der Waals surface area (Å²) < 4.78 is 5.91. The van der Waals surface area contributed by atoms with Crippen molar-refractivity contribution in [2.45, 2.75) is 20.0 Å². The Morgan fingerprint density at radius 3 is 2.81 bits per heavy atom. The van der Waals surface area contributed by atoms with Crippen LogP contribution in [0.4, 0.5) is 5.69 Å². The molecule has 32 heavy (non-hydrogen) atoms. The van der Waals surface area contributed by atoms with Gasteiger partial charge in [-0.25, -0.2) is 4.99 Å². The molecule has 1 aliphatic heterocycles. The second-order valence-corrected chi connectivity index (χ2v) is 7.54. The summed E-state index contributed by atoms with van der Waals surface area (Å²) in [5, 5.41) is 6.14. The van der Waals surface area contributed by atoms with Gasteiger partial charge in [0.2, 0.25) is 5.91 Å². The summed E-state index contributed by atoms with van der Waals surface area (Å²) in [6.45, 7) is 5.94. The molecule has 0 radical (unpaired) electrons. The molecule has 1 amide bonds. The van der Waals surface area contributed by atoms with Crippen molar-refractivity contribution in [1.82, 2.24) is 10.2 Å². The standard InChI is InChI=1S/C25H30N4O2.HI/c1-3-20-11-8-12-23(15-20)28-24(30)16-27-25(26-4-2)29-14-13-22(17-29)19-31-18-21-9-6-5-7-10-21;/h1,5-12,15,22H,4,13-14,16-19H2,2H3,(H,26,27)(H,28,30);1H. The number of benzene rings is 2.